The van der Waals surface area contributed by atoms with E-state index in [4.69, 9.17) is 0 Å². The summed E-state index contributed by atoms with van der Waals surface area (Å²) >= 11 is 3.71. The van der Waals surface area contributed by atoms with Crippen LogP contribution in [-0.2, 0) is 13.1 Å². The molecule has 3 nitrogen and oxygen atoms in total. The molecule has 2 fully saturated rings. The fourth-order valence-electron chi connectivity index (χ4n) is 4.34. The van der Waals surface area contributed by atoms with E-state index in [0.29, 0.717) is 0 Å². The average Bonchev–Trinajstić information content (AvgIpc) is 3.09. The molecule has 0 amide bonds. The van der Waals surface area contributed by atoms with E-state index in [2.05, 4.69) is 51.5 Å². The maximum atomic E-state index is 4.59. The van der Waals surface area contributed by atoms with E-state index >= 15 is 0 Å². The molecule has 0 N–H and O–H groups in total. The third-order valence-corrected chi connectivity index (χ3v) is 6.33. The summed E-state index contributed by atoms with van der Waals surface area (Å²) in [4.78, 5) is 2.50. The number of hydrogen-bond acceptors (Lipinski definition) is 2. The summed E-state index contributed by atoms with van der Waals surface area (Å²) < 4.78 is 3.33. The summed E-state index contributed by atoms with van der Waals surface area (Å²) in [6.45, 7) is 7.45. The van der Waals surface area contributed by atoms with Gasteiger partial charge in [0.2, 0.25) is 0 Å². The van der Waals surface area contributed by atoms with Gasteiger partial charge in [0.25, 0.3) is 0 Å². The van der Waals surface area contributed by atoms with Gasteiger partial charge in [-0.15, -0.1) is 0 Å². The molecule has 3 unspecified atom stereocenters. The van der Waals surface area contributed by atoms with Crippen molar-refractivity contribution in [3.8, 4) is 0 Å². The Morgan fingerprint density at radius 2 is 2.15 bits per heavy atom. The number of nitrogens with zero attached hydrogens (tertiary/aromatic N) is 3. The second kappa shape index (κ2) is 5.80. The zero-order valence-corrected chi connectivity index (χ0v) is 14.5. The van der Waals surface area contributed by atoms with Crippen LogP contribution in [0.3, 0.4) is 0 Å². The van der Waals surface area contributed by atoms with Crippen molar-refractivity contribution in [2.24, 2.45) is 17.8 Å². The molecule has 2 aliphatic carbocycles. The largest absolute Gasteiger partial charge is 0.300 e. The van der Waals surface area contributed by atoms with Crippen LogP contribution in [0.15, 0.2) is 4.47 Å². The summed E-state index contributed by atoms with van der Waals surface area (Å²) in [5, 5.41) is 4.59. The van der Waals surface area contributed by atoms with Crippen molar-refractivity contribution in [2.75, 3.05) is 13.6 Å². The molecule has 112 valence electrons. The predicted octanol–water partition coefficient (Wildman–Crippen LogP) is 3.84. The summed E-state index contributed by atoms with van der Waals surface area (Å²) in [5.41, 5.74) is 2.44. The van der Waals surface area contributed by atoms with Crippen LogP contribution >= 0.6 is 15.9 Å². The van der Waals surface area contributed by atoms with E-state index in [1.165, 1.54) is 42.4 Å². The summed E-state index contributed by atoms with van der Waals surface area (Å²) in [5.74, 6) is 3.01. The van der Waals surface area contributed by atoms with Crippen LogP contribution in [0.2, 0.25) is 0 Å². The van der Waals surface area contributed by atoms with Crippen molar-refractivity contribution < 1.29 is 0 Å². The van der Waals surface area contributed by atoms with Gasteiger partial charge in [-0.05, 0) is 73.8 Å². The highest BCUT2D eigenvalue weighted by Crippen LogP contribution is 2.48. The minimum atomic E-state index is 0.941. The van der Waals surface area contributed by atoms with Crippen molar-refractivity contribution in [2.45, 2.75) is 52.6 Å². The molecule has 0 aliphatic heterocycles. The van der Waals surface area contributed by atoms with Crippen molar-refractivity contribution in [1.82, 2.24) is 14.7 Å². The van der Waals surface area contributed by atoms with Gasteiger partial charge in [-0.25, -0.2) is 0 Å². The zero-order chi connectivity index (χ0) is 14.3. The fourth-order valence-corrected chi connectivity index (χ4v) is 4.75. The Balaban J connectivity index is 1.63. The molecule has 0 saturated heterocycles. The Kier molecular flexibility index (Phi) is 4.23. The van der Waals surface area contributed by atoms with Crippen molar-refractivity contribution in [1.29, 1.82) is 0 Å². The fraction of sp³-hybridized carbons (Fsp3) is 0.812. The molecule has 3 rings (SSSR count). The lowest BCUT2D eigenvalue weighted by molar-refractivity contribution is 0.210. The van der Waals surface area contributed by atoms with Gasteiger partial charge in [0, 0.05) is 19.6 Å². The molecule has 2 saturated carbocycles. The number of aromatic nitrogens is 2. The van der Waals surface area contributed by atoms with Crippen LogP contribution in [0.25, 0.3) is 0 Å². The van der Waals surface area contributed by atoms with Crippen LogP contribution in [0.5, 0.6) is 0 Å². The standard InChI is InChI=1S/C16H26BrN3/c1-4-20-15(16(17)11(2)18-20)10-19(3)9-14-8-12-5-6-13(14)7-12/h12-14H,4-10H2,1-3H3. The molecule has 1 aromatic rings. The highest BCUT2D eigenvalue weighted by atomic mass is 79.9. The second-order valence-electron chi connectivity index (χ2n) is 6.79. The Morgan fingerprint density at radius 1 is 1.35 bits per heavy atom. The molecule has 0 aromatic carbocycles. The van der Waals surface area contributed by atoms with Crippen molar-refractivity contribution in [3.05, 3.63) is 15.9 Å². The highest BCUT2D eigenvalue weighted by molar-refractivity contribution is 9.10. The smallest absolute Gasteiger partial charge is 0.0739 e. The van der Waals surface area contributed by atoms with Crippen molar-refractivity contribution in [3.63, 3.8) is 0 Å². The molecule has 1 heterocycles. The Hall–Kier alpha value is -0.350. The van der Waals surface area contributed by atoms with Gasteiger partial charge in [0.15, 0.2) is 0 Å². The number of hydrogen-bond donors (Lipinski definition) is 0. The van der Waals surface area contributed by atoms with Crippen LogP contribution < -0.4 is 0 Å². The van der Waals surface area contributed by atoms with Gasteiger partial charge in [0.1, 0.15) is 0 Å². The molecule has 1 aromatic heterocycles. The van der Waals surface area contributed by atoms with Gasteiger partial charge in [-0.1, -0.05) is 6.42 Å². The van der Waals surface area contributed by atoms with Crippen LogP contribution in [0.1, 0.15) is 44.0 Å². The van der Waals surface area contributed by atoms with E-state index < -0.39 is 0 Å². The second-order valence-corrected chi connectivity index (χ2v) is 7.59. The van der Waals surface area contributed by atoms with Crippen LogP contribution in [0, 0.1) is 24.7 Å². The number of rotatable bonds is 5. The summed E-state index contributed by atoms with van der Waals surface area (Å²) in [6, 6.07) is 0. The third kappa shape index (κ3) is 2.69. The molecular formula is C16H26BrN3. The van der Waals surface area contributed by atoms with Gasteiger partial charge in [-0.3, -0.25) is 4.68 Å². The Morgan fingerprint density at radius 3 is 2.75 bits per heavy atom. The third-order valence-electron chi connectivity index (χ3n) is 5.30. The first-order valence-electron chi connectivity index (χ1n) is 7.98. The van der Waals surface area contributed by atoms with E-state index in [0.717, 1.165) is 36.5 Å². The zero-order valence-electron chi connectivity index (χ0n) is 12.9. The predicted molar refractivity (Wildman–Crippen MR) is 85.6 cm³/mol. The Bertz CT molecular complexity index is 482. The molecule has 0 spiro atoms. The highest BCUT2D eigenvalue weighted by Gasteiger charge is 2.39. The van der Waals surface area contributed by atoms with Gasteiger partial charge < -0.3 is 4.90 Å². The minimum absolute atomic E-state index is 0.941. The Labute approximate surface area is 130 Å². The van der Waals surface area contributed by atoms with Gasteiger partial charge in [-0.2, -0.15) is 5.10 Å². The summed E-state index contributed by atoms with van der Waals surface area (Å²) in [6.07, 6.45) is 5.97. The van der Waals surface area contributed by atoms with E-state index in [1.54, 1.807) is 0 Å². The quantitative estimate of drug-likeness (QED) is 0.812. The topological polar surface area (TPSA) is 21.1 Å². The normalized spacial score (nSPS) is 28.8. The lowest BCUT2D eigenvalue weighted by atomic mass is 9.88. The maximum absolute atomic E-state index is 4.59. The van der Waals surface area contributed by atoms with E-state index in [-0.39, 0.29) is 0 Å². The average molecular weight is 340 g/mol. The lowest BCUT2D eigenvalue weighted by Gasteiger charge is -2.27. The number of aryl methyl sites for hydroxylation is 2. The molecule has 3 atom stereocenters. The lowest BCUT2D eigenvalue weighted by Crippen LogP contribution is -2.29. The van der Waals surface area contributed by atoms with Gasteiger partial charge >= 0.3 is 0 Å². The first-order valence-corrected chi connectivity index (χ1v) is 8.78. The first kappa shape index (κ1) is 14.6. The SMILES string of the molecule is CCn1nc(C)c(Br)c1CN(C)CC1CC2CCC1C2. The monoisotopic (exact) mass is 339 g/mol. The van der Waals surface area contributed by atoms with Crippen molar-refractivity contribution >= 4 is 15.9 Å². The first-order chi connectivity index (χ1) is 9.58. The van der Waals surface area contributed by atoms with Gasteiger partial charge in [0.05, 0.1) is 15.9 Å². The molecule has 2 bridgehead atoms. The van der Waals surface area contributed by atoms with Crippen LogP contribution in [0.4, 0.5) is 0 Å². The molecule has 20 heavy (non-hydrogen) atoms. The molecule has 2 aliphatic rings. The number of halogens is 1. The van der Waals surface area contributed by atoms with E-state index in [1.807, 2.05) is 0 Å². The maximum Gasteiger partial charge on any atom is 0.0739 e. The number of fused-ring (bicyclic) bond motifs is 2. The minimum Gasteiger partial charge on any atom is -0.300 e. The van der Waals surface area contributed by atoms with E-state index in [9.17, 15) is 0 Å². The van der Waals surface area contributed by atoms with Crippen LogP contribution in [-0.4, -0.2) is 28.3 Å². The molecular weight excluding hydrogens is 314 g/mol. The summed E-state index contributed by atoms with van der Waals surface area (Å²) in [7, 11) is 2.26. The molecule has 0 radical (unpaired) electrons. The molecule has 4 heteroatoms.